The lowest BCUT2D eigenvalue weighted by Gasteiger charge is -2.23. The van der Waals surface area contributed by atoms with Crippen LogP contribution in [0.1, 0.15) is 24.0 Å². The first-order valence-electron chi connectivity index (χ1n) is 6.65. The molecule has 1 atom stereocenters. The predicted octanol–water partition coefficient (Wildman–Crippen LogP) is 3.62. The van der Waals surface area contributed by atoms with E-state index in [9.17, 15) is 0 Å². The van der Waals surface area contributed by atoms with Gasteiger partial charge in [-0.25, -0.2) is 0 Å². The first-order chi connectivity index (χ1) is 9.70. The Balaban J connectivity index is 1.86. The van der Waals surface area contributed by atoms with Gasteiger partial charge in [0.1, 0.15) is 0 Å². The van der Waals surface area contributed by atoms with Crippen LogP contribution in [-0.2, 0) is 6.54 Å². The summed E-state index contributed by atoms with van der Waals surface area (Å²) in [6, 6.07) is 4.34. The van der Waals surface area contributed by atoms with Crippen LogP contribution in [-0.4, -0.2) is 31.5 Å². The Hall–Kier alpha value is -1.33. The van der Waals surface area contributed by atoms with E-state index in [0.717, 1.165) is 19.0 Å². The van der Waals surface area contributed by atoms with Crippen LogP contribution in [0.4, 0.5) is 0 Å². The third-order valence-corrected chi connectivity index (χ3v) is 4.69. The average molecular weight is 307 g/mol. The Kier molecular flexibility index (Phi) is 5.61. The summed E-state index contributed by atoms with van der Waals surface area (Å²) in [7, 11) is 3.91. The minimum absolute atomic E-state index is 0.493. The molecule has 1 N–H and O–H groups in total. The second-order valence-electron chi connectivity index (χ2n) is 4.87. The average Bonchev–Trinajstić information content (AvgIpc) is 3.12. The van der Waals surface area contributed by atoms with Crippen molar-refractivity contribution < 1.29 is 0 Å². The third-order valence-electron chi connectivity index (χ3n) is 3.25. The molecule has 0 aliphatic carbocycles. The molecule has 0 aromatic carbocycles. The van der Waals surface area contributed by atoms with E-state index in [4.69, 9.17) is 0 Å². The van der Waals surface area contributed by atoms with E-state index >= 15 is 0 Å². The van der Waals surface area contributed by atoms with Crippen LogP contribution < -0.4 is 5.32 Å². The summed E-state index contributed by atoms with van der Waals surface area (Å²) in [5.74, 6) is 1.44. The number of hydrogen-bond acceptors (Lipinski definition) is 3. The number of nitrogens with one attached hydrogen (secondary N) is 1. The Morgan fingerprint density at radius 2 is 2.05 bits per heavy atom. The lowest BCUT2D eigenvalue weighted by Crippen LogP contribution is -2.39. The van der Waals surface area contributed by atoms with Gasteiger partial charge in [0.15, 0.2) is 5.96 Å². The second kappa shape index (κ2) is 7.45. The Morgan fingerprint density at radius 1 is 1.30 bits per heavy atom. The van der Waals surface area contributed by atoms with Crippen LogP contribution in [0.5, 0.6) is 0 Å². The standard InChI is InChI=1S/C15H21N3S2/c1-12(14-5-7-20-11-14)8-17-15(16-2)18(3)9-13-4-6-19-10-13/h4-7,10-12H,8-9H2,1-3H3,(H,16,17). The van der Waals surface area contributed by atoms with Crippen LogP contribution >= 0.6 is 22.7 Å². The van der Waals surface area contributed by atoms with Gasteiger partial charge in [0.25, 0.3) is 0 Å². The number of thiophene rings is 2. The minimum atomic E-state index is 0.493. The smallest absolute Gasteiger partial charge is 0.193 e. The van der Waals surface area contributed by atoms with Crippen molar-refractivity contribution in [3.05, 3.63) is 44.8 Å². The molecule has 0 spiro atoms. The molecule has 2 aromatic heterocycles. The van der Waals surface area contributed by atoms with E-state index in [0.29, 0.717) is 5.92 Å². The summed E-state index contributed by atoms with van der Waals surface area (Å²) in [5, 5.41) is 12.1. The van der Waals surface area contributed by atoms with Gasteiger partial charge in [0, 0.05) is 27.2 Å². The zero-order valence-electron chi connectivity index (χ0n) is 12.2. The molecule has 5 heteroatoms. The quantitative estimate of drug-likeness (QED) is 0.675. The molecular weight excluding hydrogens is 286 g/mol. The molecule has 0 radical (unpaired) electrons. The van der Waals surface area contributed by atoms with Gasteiger partial charge in [0.05, 0.1) is 0 Å². The van der Waals surface area contributed by atoms with Gasteiger partial charge in [-0.3, -0.25) is 4.99 Å². The highest BCUT2D eigenvalue weighted by molar-refractivity contribution is 7.08. The molecule has 0 fully saturated rings. The fraction of sp³-hybridized carbons (Fsp3) is 0.400. The topological polar surface area (TPSA) is 27.6 Å². The molecule has 3 nitrogen and oxygen atoms in total. The van der Waals surface area contributed by atoms with Crippen molar-refractivity contribution in [3.63, 3.8) is 0 Å². The summed E-state index contributed by atoms with van der Waals surface area (Å²) < 4.78 is 0. The van der Waals surface area contributed by atoms with Crippen LogP contribution in [0, 0.1) is 0 Å². The Morgan fingerprint density at radius 3 is 2.65 bits per heavy atom. The number of hydrogen-bond donors (Lipinski definition) is 1. The monoisotopic (exact) mass is 307 g/mol. The fourth-order valence-corrected chi connectivity index (χ4v) is 3.48. The summed E-state index contributed by atoms with van der Waals surface area (Å²) in [6.45, 7) is 4.02. The van der Waals surface area contributed by atoms with Crippen LogP contribution in [0.25, 0.3) is 0 Å². The number of nitrogens with zero attached hydrogens (tertiary/aromatic N) is 2. The maximum Gasteiger partial charge on any atom is 0.193 e. The highest BCUT2D eigenvalue weighted by Gasteiger charge is 2.10. The number of guanidine groups is 1. The molecule has 0 saturated carbocycles. The van der Waals surface area contributed by atoms with Crippen molar-refractivity contribution >= 4 is 28.6 Å². The molecule has 0 amide bonds. The summed E-state index contributed by atoms with van der Waals surface area (Å²) in [6.07, 6.45) is 0. The highest BCUT2D eigenvalue weighted by Crippen LogP contribution is 2.17. The molecule has 0 aliphatic rings. The molecule has 1 unspecified atom stereocenters. The number of aliphatic imine (C=N–C) groups is 1. The van der Waals surface area contributed by atoms with Gasteiger partial charge in [-0.2, -0.15) is 22.7 Å². The van der Waals surface area contributed by atoms with Gasteiger partial charge in [-0.05, 0) is 50.7 Å². The van der Waals surface area contributed by atoms with Crippen molar-refractivity contribution in [1.82, 2.24) is 10.2 Å². The molecule has 0 aliphatic heterocycles. The van der Waals surface area contributed by atoms with Crippen molar-refractivity contribution in [2.24, 2.45) is 4.99 Å². The van der Waals surface area contributed by atoms with E-state index < -0.39 is 0 Å². The Bertz CT molecular complexity index is 517. The third kappa shape index (κ3) is 4.08. The van der Waals surface area contributed by atoms with Crippen molar-refractivity contribution in [2.45, 2.75) is 19.4 Å². The molecular formula is C15H21N3S2. The SMILES string of the molecule is CN=C(NCC(C)c1ccsc1)N(C)Cc1ccsc1. The van der Waals surface area contributed by atoms with Crippen LogP contribution in [0.2, 0.25) is 0 Å². The highest BCUT2D eigenvalue weighted by atomic mass is 32.1. The van der Waals surface area contributed by atoms with Gasteiger partial charge < -0.3 is 10.2 Å². The lowest BCUT2D eigenvalue weighted by atomic mass is 10.1. The largest absolute Gasteiger partial charge is 0.356 e. The van der Waals surface area contributed by atoms with Crippen molar-refractivity contribution in [1.29, 1.82) is 0 Å². The minimum Gasteiger partial charge on any atom is -0.356 e. The maximum absolute atomic E-state index is 4.36. The Labute approximate surface area is 129 Å². The molecule has 2 heterocycles. The zero-order chi connectivity index (χ0) is 14.4. The summed E-state index contributed by atoms with van der Waals surface area (Å²) in [4.78, 5) is 6.51. The lowest BCUT2D eigenvalue weighted by molar-refractivity contribution is 0.474. The summed E-state index contributed by atoms with van der Waals surface area (Å²) >= 11 is 3.48. The first-order valence-corrected chi connectivity index (χ1v) is 8.54. The van der Waals surface area contributed by atoms with Gasteiger partial charge >= 0.3 is 0 Å². The maximum atomic E-state index is 4.36. The predicted molar refractivity (Wildman–Crippen MR) is 89.9 cm³/mol. The van der Waals surface area contributed by atoms with E-state index in [1.807, 2.05) is 7.05 Å². The zero-order valence-corrected chi connectivity index (χ0v) is 13.8. The van der Waals surface area contributed by atoms with E-state index in [-0.39, 0.29) is 0 Å². The molecule has 2 rings (SSSR count). The van der Waals surface area contributed by atoms with E-state index in [1.165, 1.54) is 11.1 Å². The second-order valence-corrected chi connectivity index (χ2v) is 6.43. The van der Waals surface area contributed by atoms with Gasteiger partial charge in [-0.1, -0.05) is 6.92 Å². The van der Waals surface area contributed by atoms with Crippen molar-refractivity contribution in [3.8, 4) is 0 Å². The molecule has 0 saturated heterocycles. The fourth-order valence-electron chi connectivity index (χ4n) is 2.03. The van der Waals surface area contributed by atoms with E-state index in [2.05, 4.69) is 62.8 Å². The normalized spacial score (nSPS) is 13.2. The number of rotatable bonds is 5. The molecule has 108 valence electrons. The van der Waals surface area contributed by atoms with Crippen LogP contribution in [0.3, 0.4) is 0 Å². The van der Waals surface area contributed by atoms with Gasteiger partial charge in [0.2, 0.25) is 0 Å². The van der Waals surface area contributed by atoms with E-state index in [1.54, 1.807) is 22.7 Å². The van der Waals surface area contributed by atoms with Crippen LogP contribution in [0.15, 0.2) is 38.6 Å². The van der Waals surface area contributed by atoms with Crippen molar-refractivity contribution in [2.75, 3.05) is 20.6 Å². The molecule has 2 aromatic rings. The molecule has 20 heavy (non-hydrogen) atoms. The molecule has 0 bridgehead atoms. The van der Waals surface area contributed by atoms with Gasteiger partial charge in [-0.15, -0.1) is 0 Å². The summed E-state index contributed by atoms with van der Waals surface area (Å²) in [5.41, 5.74) is 2.71. The first kappa shape index (κ1) is 15.1.